The molecule has 23 heavy (non-hydrogen) atoms. The van der Waals surface area contributed by atoms with Gasteiger partial charge in [-0.25, -0.2) is 13.4 Å². The highest BCUT2D eigenvalue weighted by atomic mass is 32.2. The summed E-state index contributed by atoms with van der Waals surface area (Å²) in [6, 6.07) is 4.68. The van der Waals surface area contributed by atoms with E-state index in [9.17, 15) is 26.4 Å². The quantitative estimate of drug-likeness (QED) is 0.904. The molecule has 0 atom stereocenters. The Hall–Kier alpha value is -1.94. The molecule has 1 amide bonds. The summed E-state index contributed by atoms with van der Waals surface area (Å²) >= 11 is 1.07. The molecule has 0 aliphatic rings. The van der Waals surface area contributed by atoms with Gasteiger partial charge in [0.05, 0.1) is 23.9 Å². The highest BCUT2D eigenvalue weighted by Crippen LogP contribution is 2.33. The number of hydrogen-bond acceptors (Lipinski definition) is 5. The Morgan fingerprint density at radius 3 is 2.65 bits per heavy atom. The number of nitrogens with zero attached hydrogens (tertiary/aromatic N) is 1. The van der Waals surface area contributed by atoms with Gasteiger partial charge in [-0.05, 0) is 12.1 Å². The fourth-order valence-electron chi connectivity index (χ4n) is 1.76. The monoisotopic (exact) mass is 364 g/mol. The van der Waals surface area contributed by atoms with Crippen molar-refractivity contribution in [1.82, 2.24) is 9.71 Å². The highest BCUT2D eigenvalue weighted by molar-refractivity contribution is 7.89. The average Bonchev–Trinajstić information content (AvgIpc) is 2.84. The molecule has 0 spiro atoms. The van der Waals surface area contributed by atoms with E-state index in [1.807, 2.05) is 0 Å². The third kappa shape index (κ3) is 5.03. The van der Waals surface area contributed by atoms with Crippen LogP contribution in [-0.4, -0.2) is 25.6 Å². The van der Waals surface area contributed by atoms with E-state index < -0.39 is 27.7 Å². The second-order valence-electron chi connectivity index (χ2n) is 4.70. The van der Waals surface area contributed by atoms with Crippen LogP contribution in [0.4, 0.5) is 13.2 Å². The van der Waals surface area contributed by atoms with Crippen LogP contribution in [0.15, 0.2) is 29.6 Å². The predicted octanol–water partition coefficient (Wildman–Crippen LogP) is 2.45. The van der Waals surface area contributed by atoms with Crippen LogP contribution in [0, 0.1) is 0 Å². The van der Waals surface area contributed by atoms with Crippen molar-refractivity contribution in [1.29, 1.82) is 0 Å². The van der Waals surface area contributed by atoms with Gasteiger partial charge in [0.1, 0.15) is 5.01 Å². The number of hydrogen-bond donors (Lipinski definition) is 1. The van der Waals surface area contributed by atoms with Gasteiger partial charge in [0.15, 0.2) is 0 Å². The van der Waals surface area contributed by atoms with Gasteiger partial charge in [0.2, 0.25) is 15.9 Å². The molecule has 10 heteroatoms. The Morgan fingerprint density at radius 2 is 2.04 bits per heavy atom. The van der Waals surface area contributed by atoms with E-state index in [4.69, 9.17) is 0 Å². The molecule has 0 fully saturated rings. The first-order valence-corrected chi connectivity index (χ1v) is 8.94. The summed E-state index contributed by atoms with van der Waals surface area (Å²) in [5.74, 6) is -0.756. The number of thiazole rings is 1. The van der Waals surface area contributed by atoms with Crippen molar-refractivity contribution in [3.8, 4) is 10.6 Å². The van der Waals surface area contributed by atoms with E-state index in [0.717, 1.165) is 29.7 Å². The lowest BCUT2D eigenvalue weighted by Crippen LogP contribution is -2.30. The van der Waals surface area contributed by atoms with Crippen molar-refractivity contribution < 1.29 is 26.4 Å². The normalized spacial score (nSPS) is 12.2. The molecule has 1 aromatic heterocycles. The Balaban J connectivity index is 2.18. The topological polar surface area (TPSA) is 76.1 Å². The minimum atomic E-state index is -4.45. The van der Waals surface area contributed by atoms with Crippen molar-refractivity contribution in [2.24, 2.45) is 0 Å². The number of carbonyl (C=O) groups is 1. The summed E-state index contributed by atoms with van der Waals surface area (Å²) in [7, 11) is -3.66. The van der Waals surface area contributed by atoms with E-state index in [1.165, 1.54) is 17.5 Å². The molecule has 0 bridgehead atoms. The van der Waals surface area contributed by atoms with E-state index in [0.29, 0.717) is 5.01 Å². The lowest BCUT2D eigenvalue weighted by atomic mass is 10.1. The summed E-state index contributed by atoms with van der Waals surface area (Å²) < 4.78 is 61.7. The molecule has 0 saturated carbocycles. The molecule has 1 aromatic carbocycles. The maximum Gasteiger partial charge on any atom is 0.416 e. The van der Waals surface area contributed by atoms with Crippen LogP contribution in [0.2, 0.25) is 0 Å². The zero-order chi connectivity index (χ0) is 17.3. The molecular formula is C13H11F3N2O3S2. The van der Waals surface area contributed by atoms with Crippen molar-refractivity contribution >= 4 is 27.3 Å². The number of alkyl halides is 3. The van der Waals surface area contributed by atoms with Crippen LogP contribution in [0.1, 0.15) is 11.3 Å². The summed E-state index contributed by atoms with van der Waals surface area (Å²) in [5.41, 5.74) is -0.232. The fourth-order valence-corrected chi connectivity index (χ4v) is 3.06. The van der Waals surface area contributed by atoms with E-state index >= 15 is 0 Å². The van der Waals surface area contributed by atoms with E-state index in [2.05, 4.69) is 4.98 Å². The number of amides is 1. The predicted molar refractivity (Wildman–Crippen MR) is 79.2 cm³/mol. The molecule has 0 radical (unpaired) electrons. The second-order valence-corrected chi connectivity index (χ2v) is 7.30. The first-order valence-electron chi connectivity index (χ1n) is 6.17. The summed E-state index contributed by atoms with van der Waals surface area (Å²) in [6.45, 7) is 0. The first-order chi connectivity index (χ1) is 10.5. The van der Waals surface area contributed by atoms with Crippen LogP contribution in [0.5, 0.6) is 0 Å². The Bertz CT molecular complexity index is 829. The molecule has 0 aliphatic carbocycles. The van der Waals surface area contributed by atoms with E-state index in [1.54, 1.807) is 4.72 Å². The van der Waals surface area contributed by atoms with E-state index in [-0.39, 0.29) is 17.7 Å². The SMILES string of the molecule is CS(=O)(=O)NC(=O)Cc1csc(-c2cccc(C(F)(F)F)c2)n1. The van der Waals surface area contributed by atoms with Crippen LogP contribution in [0.3, 0.4) is 0 Å². The second kappa shape index (κ2) is 6.28. The molecule has 1 N–H and O–H groups in total. The number of aromatic nitrogens is 1. The van der Waals surface area contributed by atoms with Gasteiger partial charge in [-0.1, -0.05) is 12.1 Å². The number of halogens is 3. The lowest BCUT2D eigenvalue weighted by molar-refractivity contribution is -0.137. The maximum absolute atomic E-state index is 12.7. The van der Waals surface area contributed by atoms with Gasteiger partial charge >= 0.3 is 6.18 Å². The molecule has 0 aliphatic heterocycles. The molecule has 0 saturated heterocycles. The van der Waals surface area contributed by atoms with Gasteiger partial charge in [-0.15, -0.1) is 11.3 Å². The summed E-state index contributed by atoms with van der Waals surface area (Å²) in [4.78, 5) is 15.6. The van der Waals surface area contributed by atoms with Crippen molar-refractivity contribution in [2.75, 3.05) is 6.26 Å². The Morgan fingerprint density at radius 1 is 1.35 bits per heavy atom. The zero-order valence-corrected chi connectivity index (χ0v) is 13.3. The van der Waals surface area contributed by atoms with Crippen molar-refractivity contribution in [2.45, 2.75) is 12.6 Å². The maximum atomic E-state index is 12.7. The average molecular weight is 364 g/mol. The van der Waals surface area contributed by atoms with Gasteiger partial charge in [0.25, 0.3) is 0 Å². The summed E-state index contributed by atoms with van der Waals surface area (Å²) in [5, 5.41) is 1.82. The van der Waals surface area contributed by atoms with Gasteiger partial charge in [-0.3, -0.25) is 9.52 Å². The lowest BCUT2D eigenvalue weighted by Gasteiger charge is -2.07. The van der Waals surface area contributed by atoms with Gasteiger partial charge in [-0.2, -0.15) is 13.2 Å². The fraction of sp³-hybridized carbons (Fsp3) is 0.231. The number of sulfonamides is 1. The van der Waals surface area contributed by atoms with Crippen LogP contribution < -0.4 is 4.72 Å². The number of rotatable bonds is 4. The molecule has 0 unspecified atom stereocenters. The van der Waals surface area contributed by atoms with Crippen molar-refractivity contribution in [3.05, 3.63) is 40.9 Å². The van der Waals surface area contributed by atoms with Crippen LogP contribution in [0.25, 0.3) is 10.6 Å². The number of nitrogens with one attached hydrogen (secondary N) is 1. The third-order valence-corrected chi connectivity index (χ3v) is 4.17. The molecule has 2 aromatic rings. The number of carbonyl (C=O) groups excluding carboxylic acids is 1. The van der Waals surface area contributed by atoms with Crippen LogP contribution >= 0.6 is 11.3 Å². The smallest absolute Gasteiger partial charge is 0.274 e. The van der Waals surface area contributed by atoms with Gasteiger partial charge in [0, 0.05) is 10.9 Å². The highest BCUT2D eigenvalue weighted by Gasteiger charge is 2.30. The molecule has 5 nitrogen and oxygen atoms in total. The molecule has 1 heterocycles. The number of benzene rings is 1. The minimum absolute atomic E-state index is 0.275. The minimum Gasteiger partial charge on any atom is -0.274 e. The Kier molecular flexibility index (Phi) is 4.76. The van der Waals surface area contributed by atoms with Crippen molar-refractivity contribution in [3.63, 3.8) is 0 Å². The van der Waals surface area contributed by atoms with Crippen LogP contribution in [-0.2, 0) is 27.4 Å². The zero-order valence-electron chi connectivity index (χ0n) is 11.7. The Labute approximate surface area is 134 Å². The third-order valence-electron chi connectivity index (χ3n) is 2.63. The summed E-state index contributed by atoms with van der Waals surface area (Å²) in [6.07, 6.45) is -3.88. The molecule has 2 rings (SSSR count). The largest absolute Gasteiger partial charge is 0.416 e. The molecule has 124 valence electrons. The first kappa shape index (κ1) is 17.4. The van der Waals surface area contributed by atoms with Gasteiger partial charge < -0.3 is 0 Å². The standard InChI is InChI=1S/C13H11F3N2O3S2/c1-23(20,21)18-11(19)6-10-7-22-12(17-10)8-3-2-4-9(5-8)13(14,15)16/h2-5,7H,6H2,1H3,(H,18,19). The molecular weight excluding hydrogens is 353 g/mol.